The van der Waals surface area contributed by atoms with Gasteiger partial charge in [-0.3, -0.25) is 9.36 Å². The first-order chi connectivity index (χ1) is 27.6. The first kappa shape index (κ1) is 32.2. The lowest BCUT2D eigenvalue weighted by molar-refractivity contribution is 0.835. The van der Waals surface area contributed by atoms with E-state index in [9.17, 15) is 9.59 Å². The molecule has 0 aliphatic heterocycles. The minimum absolute atomic E-state index is 0.353. The van der Waals surface area contributed by atoms with E-state index in [4.69, 9.17) is 0 Å². The Hall–Kier alpha value is -7.28. The van der Waals surface area contributed by atoms with Crippen LogP contribution in [0.15, 0.2) is 198 Å². The summed E-state index contributed by atoms with van der Waals surface area (Å²) in [4.78, 5) is 28.3. The molecule has 0 fully saturated rings. The molecule has 0 aliphatic carbocycles. The maximum atomic E-state index is 14.2. The summed E-state index contributed by atoms with van der Waals surface area (Å²) in [6, 6.07) is 63.5. The van der Waals surface area contributed by atoms with E-state index < -0.39 is 5.69 Å². The molecular weight excluding hydrogens is 707 g/mol. The summed E-state index contributed by atoms with van der Waals surface area (Å²) in [5.74, 6) is 0. The minimum Gasteiger partial charge on any atom is -0.309 e. The van der Waals surface area contributed by atoms with Crippen molar-refractivity contribution in [1.82, 2.24) is 13.7 Å². The molecule has 0 amide bonds. The van der Waals surface area contributed by atoms with Crippen molar-refractivity contribution < 1.29 is 0 Å². The third-order valence-corrected chi connectivity index (χ3v) is 12.1. The Kier molecular flexibility index (Phi) is 7.27. The summed E-state index contributed by atoms with van der Waals surface area (Å²) in [5, 5.41) is 5.53. The number of benzene rings is 8. The number of hydrogen-bond acceptors (Lipinski definition) is 3. The zero-order chi connectivity index (χ0) is 37.3. The van der Waals surface area contributed by atoms with Crippen molar-refractivity contribution in [3.63, 3.8) is 0 Å². The summed E-state index contributed by atoms with van der Waals surface area (Å²) < 4.78 is 7.87. The fourth-order valence-electron chi connectivity index (χ4n) is 8.32. The Morgan fingerprint density at radius 1 is 0.357 bits per heavy atom. The molecule has 0 bridgehead atoms. The molecule has 0 saturated heterocycles. The molecule has 0 radical (unpaired) electrons. The van der Waals surface area contributed by atoms with Crippen LogP contribution in [0.5, 0.6) is 0 Å². The van der Waals surface area contributed by atoms with Crippen molar-refractivity contribution in [3.8, 4) is 39.3 Å². The van der Waals surface area contributed by atoms with Gasteiger partial charge in [0.05, 0.1) is 33.3 Å². The van der Waals surface area contributed by atoms with Crippen LogP contribution in [0.2, 0.25) is 0 Å². The molecular formula is C50H31N3O2S. The summed E-state index contributed by atoms with van der Waals surface area (Å²) in [6.45, 7) is 0. The molecule has 0 N–H and O–H groups in total. The van der Waals surface area contributed by atoms with Crippen LogP contribution in [0.1, 0.15) is 0 Å². The zero-order valence-electron chi connectivity index (χ0n) is 30.0. The molecule has 0 unspecified atom stereocenters. The van der Waals surface area contributed by atoms with Crippen molar-refractivity contribution in [2.75, 3.05) is 0 Å². The van der Waals surface area contributed by atoms with Crippen molar-refractivity contribution in [3.05, 3.63) is 209 Å². The van der Waals surface area contributed by atoms with Gasteiger partial charge in [-0.2, -0.15) is 0 Å². The van der Waals surface area contributed by atoms with E-state index in [0.717, 1.165) is 33.5 Å². The second-order valence-corrected chi connectivity index (χ2v) is 15.1. The highest BCUT2D eigenvalue weighted by Gasteiger charge is 2.20. The van der Waals surface area contributed by atoms with Gasteiger partial charge in [0, 0.05) is 36.6 Å². The van der Waals surface area contributed by atoms with Gasteiger partial charge in [-0.05, 0) is 95.1 Å². The summed E-state index contributed by atoms with van der Waals surface area (Å²) in [6.07, 6.45) is 0. The van der Waals surface area contributed by atoms with Crippen LogP contribution < -0.4 is 11.2 Å². The van der Waals surface area contributed by atoms with E-state index in [-0.39, 0.29) is 5.56 Å². The van der Waals surface area contributed by atoms with Crippen LogP contribution in [0.3, 0.4) is 0 Å². The van der Waals surface area contributed by atoms with Gasteiger partial charge >= 0.3 is 5.69 Å². The fourth-order valence-corrected chi connectivity index (χ4v) is 9.58. The van der Waals surface area contributed by atoms with Crippen molar-refractivity contribution >= 4 is 64.2 Å². The van der Waals surface area contributed by atoms with Gasteiger partial charge in [0.1, 0.15) is 0 Å². The van der Waals surface area contributed by atoms with Crippen LogP contribution in [-0.2, 0) is 0 Å². The molecule has 56 heavy (non-hydrogen) atoms. The zero-order valence-corrected chi connectivity index (χ0v) is 30.8. The van der Waals surface area contributed by atoms with Crippen LogP contribution in [0.4, 0.5) is 0 Å². The molecule has 3 aromatic heterocycles. The SMILES string of the molecule is O=c1c2cc(-c3cccc(-c4ccc5c6c7sc8ccccc8c7ccc6n(-c6ccccc6)c5c4)c3)ccc2n(-c2ccccc2)c(=O)n1-c1ccccc1. The first-order valence-corrected chi connectivity index (χ1v) is 19.4. The topological polar surface area (TPSA) is 48.9 Å². The highest BCUT2D eigenvalue weighted by molar-refractivity contribution is 7.26. The highest BCUT2D eigenvalue weighted by Crippen LogP contribution is 2.44. The van der Waals surface area contributed by atoms with Gasteiger partial charge in [-0.1, -0.05) is 115 Å². The number of hydrogen-bond donors (Lipinski definition) is 0. The van der Waals surface area contributed by atoms with Gasteiger partial charge < -0.3 is 4.57 Å². The predicted octanol–water partition coefficient (Wildman–Crippen LogP) is 11.9. The average Bonchev–Trinajstić information content (AvgIpc) is 3.80. The number of fused-ring (bicyclic) bond motifs is 8. The third-order valence-electron chi connectivity index (χ3n) is 10.9. The van der Waals surface area contributed by atoms with Crippen LogP contribution >= 0.6 is 11.3 Å². The normalized spacial score (nSPS) is 11.7. The van der Waals surface area contributed by atoms with Crippen LogP contribution in [0, 0.1) is 0 Å². The summed E-state index contributed by atoms with van der Waals surface area (Å²) >= 11 is 1.86. The molecule has 0 saturated carbocycles. The van der Waals surface area contributed by atoms with E-state index in [1.165, 1.54) is 41.0 Å². The Balaban J connectivity index is 1.10. The smallest absolute Gasteiger partial charge is 0.309 e. The van der Waals surface area contributed by atoms with Gasteiger partial charge in [0.15, 0.2) is 0 Å². The summed E-state index contributed by atoms with van der Waals surface area (Å²) in [7, 11) is 0. The Morgan fingerprint density at radius 3 is 1.62 bits per heavy atom. The summed E-state index contributed by atoms with van der Waals surface area (Å²) in [5.41, 5.74) is 8.48. The van der Waals surface area contributed by atoms with Crippen molar-refractivity contribution in [2.45, 2.75) is 0 Å². The second kappa shape index (κ2) is 12.7. The molecule has 11 aromatic rings. The van der Waals surface area contributed by atoms with Gasteiger partial charge in [0.2, 0.25) is 0 Å². The van der Waals surface area contributed by atoms with E-state index in [1.54, 1.807) is 16.7 Å². The van der Waals surface area contributed by atoms with Crippen molar-refractivity contribution in [1.29, 1.82) is 0 Å². The van der Waals surface area contributed by atoms with Gasteiger partial charge in [-0.25, -0.2) is 9.36 Å². The standard InChI is InChI=1S/C50H31N3O2S/c54-49-42-30-34(24-27-43(42)52(37-17-6-2-7-18-37)50(55)53(49)38-19-8-3-9-20-38)32-13-12-14-33(29-32)35-23-25-41-45(31-35)51(36-15-4-1-5-16-36)44-28-26-40-39-21-10-11-22-46(39)56-48(40)47(41)44/h1-31H. The fraction of sp³-hybridized carbons (Fsp3) is 0. The van der Waals surface area contributed by atoms with Gasteiger partial charge in [0.25, 0.3) is 5.56 Å². The monoisotopic (exact) mass is 737 g/mol. The van der Waals surface area contributed by atoms with E-state index in [1.807, 2.05) is 78.1 Å². The Labute approximate surface area is 324 Å². The number of aromatic nitrogens is 3. The van der Waals surface area contributed by atoms with Crippen molar-refractivity contribution in [2.24, 2.45) is 0 Å². The third kappa shape index (κ3) is 4.93. The second-order valence-electron chi connectivity index (χ2n) is 14.1. The average molecular weight is 738 g/mol. The number of rotatable bonds is 5. The van der Waals surface area contributed by atoms with E-state index >= 15 is 0 Å². The lowest BCUT2D eigenvalue weighted by Gasteiger charge is -2.15. The van der Waals surface area contributed by atoms with Gasteiger partial charge in [-0.15, -0.1) is 11.3 Å². The van der Waals surface area contributed by atoms with Crippen LogP contribution in [-0.4, -0.2) is 13.7 Å². The van der Waals surface area contributed by atoms with E-state index in [2.05, 4.69) is 114 Å². The molecule has 11 rings (SSSR count). The number of para-hydroxylation sites is 3. The molecule has 0 spiro atoms. The maximum absolute atomic E-state index is 14.2. The lowest BCUT2D eigenvalue weighted by atomic mass is 9.97. The number of thiophene rings is 1. The maximum Gasteiger partial charge on any atom is 0.340 e. The predicted molar refractivity (Wildman–Crippen MR) is 233 cm³/mol. The lowest BCUT2D eigenvalue weighted by Crippen LogP contribution is -2.38. The molecule has 264 valence electrons. The molecule has 8 aromatic carbocycles. The quantitative estimate of drug-likeness (QED) is 0.177. The molecule has 5 nitrogen and oxygen atoms in total. The number of nitrogens with zero attached hydrogens (tertiary/aromatic N) is 3. The first-order valence-electron chi connectivity index (χ1n) is 18.6. The largest absolute Gasteiger partial charge is 0.340 e. The minimum atomic E-state index is -0.411. The van der Waals surface area contributed by atoms with E-state index in [0.29, 0.717) is 22.3 Å². The highest BCUT2D eigenvalue weighted by atomic mass is 32.1. The Morgan fingerprint density at radius 2 is 0.911 bits per heavy atom. The molecule has 3 heterocycles. The van der Waals surface area contributed by atoms with Crippen LogP contribution in [0.25, 0.3) is 92.2 Å². The molecule has 0 aliphatic rings. The Bertz CT molecular complexity index is 3450. The molecule has 0 atom stereocenters. The molecule has 6 heteroatoms.